The van der Waals surface area contributed by atoms with E-state index in [-0.39, 0.29) is 5.91 Å². The van der Waals surface area contributed by atoms with Gasteiger partial charge in [-0.25, -0.2) is 0 Å². The molecule has 0 saturated carbocycles. The van der Waals surface area contributed by atoms with Gasteiger partial charge in [-0.3, -0.25) is 4.79 Å². The van der Waals surface area contributed by atoms with Crippen LogP contribution in [0.3, 0.4) is 0 Å². The molecule has 3 aromatic rings. The van der Waals surface area contributed by atoms with E-state index >= 15 is 0 Å². The summed E-state index contributed by atoms with van der Waals surface area (Å²) in [6, 6.07) is 17.9. The van der Waals surface area contributed by atoms with Crippen LogP contribution >= 0.6 is 0 Å². The predicted molar refractivity (Wildman–Crippen MR) is 108 cm³/mol. The molecular weight excluding hydrogens is 354 g/mol. The number of ether oxygens (including phenoxy) is 1. The van der Waals surface area contributed by atoms with Crippen LogP contribution in [0.5, 0.6) is 0 Å². The standard InChI is InChI=1S/C22H23N3O3/c26-22(24-10-12-27-13-11-24)16-25-15-19(20-8-4-5-9-21(20)25)14-23-28-17-18-6-2-1-3-7-18/h1-9,14-15H,10-13,16-17H2/b23-14-. The molecule has 2 heterocycles. The number of morpholine rings is 1. The predicted octanol–water partition coefficient (Wildman–Crippen LogP) is 3.05. The van der Waals surface area contributed by atoms with Gasteiger partial charge < -0.3 is 19.0 Å². The minimum absolute atomic E-state index is 0.105. The number of oxime groups is 1. The molecule has 6 heteroatoms. The third-order valence-corrected chi connectivity index (χ3v) is 4.83. The van der Waals surface area contributed by atoms with Gasteiger partial charge in [0.25, 0.3) is 0 Å². The zero-order valence-corrected chi connectivity index (χ0v) is 15.7. The molecule has 1 fully saturated rings. The van der Waals surface area contributed by atoms with Gasteiger partial charge in [-0.15, -0.1) is 0 Å². The van der Waals surface area contributed by atoms with Gasteiger partial charge >= 0.3 is 0 Å². The molecular formula is C22H23N3O3. The van der Waals surface area contributed by atoms with Crippen molar-refractivity contribution in [2.24, 2.45) is 5.16 Å². The lowest BCUT2D eigenvalue weighted by atomic mass is 10.2. The molecule has 6 nitrogen and oxygen atoms in total. The minimum Gasteiger partial charge on any atom is -0.391 e. The number of hydrogen-bond acceptors (Lipinski definition) is 4. The first kappa shape index (κ1) is 18.3. The van der Waals surface area contributed by atoms with E-state index in [0.29, 0.717) is 39.5 Å². The second-order valence-electron chi connectivity index (χ2n) is 6.72. The highest BCUT2D eigenvalue weighted by atomic mass is 16.6. The van der Waals surface area contributed by atoms with E-state index in [1.54, 1.807) is 6.21 Å². The highest BCUT2D eigenvalue weighted by molar-refractivity contribution is 5.99. The number of carbonyl (C=O) groups excluding carboxylic acids is 1. The Morgan fingerprint density at radius 2 is 1.82 bits per heavy atom. The summed E-state index contributed by atoms with van der Waals surface area (Å²) in [4.78, 5) is 19.9. The van der Waals surface area contributed by atoms with E-state index in [4.69, 9.17) is 9.57 Å². The van der Waals surface area contributed by atoms with Gasteiger partial charge in [0, 0.05) is 35.8 Å². The van der Waals surface area contributed by atoms with Gasteiger partial charge in [-0.2, -0.15) is 0 Å². The Bertz CT molecular complexity index is 960. The number of rotatable bonds is 6. The molecule has 28 heavy (non-hydrogen) atoms. The summed E-state index contributed by atoms with van der Waals surface area (Å²) in [6.07, 6.45) is 3.67. The van der Waals surface area contributed by atoms with E-state index in [1.807, 2.05) is 70.3 Å². The second-order valence-corrected chi connectivity index (χ2v) is 6.72. The lowest BCUT2D eigenvalue weighted by Gasteiger charge is -2.27. The normalized spacial score (nSPS) is 14.6. The van der Waals surface area contributed by atoms with Crippen LogP contribution in [0.2, 0.25) is 0 Å². The average molecular weight is 377 g/mol. The van der Waals surface area contributed by atoms with Gasteiger partial charge in [0.05, 0.1) is 19.4 Å². The van der Waals surface area contributed by atoms with Crippen molar-refractivity contribution in [3.8, 4) is 0 Å². The summed E-state index contributed by atoms with van der Waals surface area (Å²) in [6.45, 7) is 3.24. The Kier molecular flexibility index (Phi) is 5.68. The van der Waals surface area contributed by atoms with Crippen LogP contribution in [0.1, 0.15) is 11.1 Å². The number of para-hydroxylation sites is 1. The molecule has 1 aliphatic heterocycles. The number of nitrogens with zero attached hydrogens (tertiary/aromatic N) is 3. The molecule has 0 N–H and O–H groups in total. The first-order chi connectivity index (χ1) is 13.8. The fourth-order valence-electron chi connectivity index (χ4n) is 3.35. The summed E-state index contributed by atoms with van der Waals surface area (Å²) >= 11 is 0. The van der Waals surface area contributed by atoms with Gasteiger partial charge in [-0.05, 0) is 11.6 Å². The Hall–Kier alpha value is -3.12. The van der Waals surface area contributed by atoms with Crippen molar-refractivity contribution >= 4 is 23.0 Å². The highest BCUT2D eigenvalue weighted by Gasteiger charge is 2.18. The van der Waals surface area contributed by atoms with Crippen LogP contribution in [-0.4, -0.2) is 47.9 Å². The van der Waals surface area contributed by atoms with Crippen molar-refractivity contribution in [3.05, 3.63) is 71.9 Å². The van der Waals surface area contributed by atoms with E-state index in [0.717, 1.165) is 22.0 Å². The molecule has 2 aromatic carbocycles. The summed E-state index contributed by atoms with van der Waals surface area (Å²) in [5.41, 5.74) is 3.00. The van der Waals surface area contributed by atoms with Crippen molar-refractivity contribution < 1.29 is 14.4 Å². The molecule has 1 aliphatic rings. The summed E-state index contributed by atoms with van der Waals surface area (Å²) in [5.74, 6) is 0.105. The van der Waals surface area contributed by atoms with Crippen molar-refractivity contribution in [2.45, 2.75) is 13.2 Å². The monoisotopic (exact) mass is 377 g/mol. The zero-order valence-electron chi connectivity index (χ0n) is 15.7. The molecule has 0 bridgehead atoms. The van der Waals surface area contributed by atoms with E-state index < -0.39 is 0 Å². The molecule has 0 aliphatic carbocycles. The van der Waals surface area contributed by atoms with Gasteiger partial charge in [-0.1, -0.05) is 53.7 Å². The van der Waals surface area contributed by atoms with Gasteiger partial charge in [0.1, 0.15) is 13.2 Å². The second kappa shape index (κ2) is 8.71. The topological polar surface area (TPSA) is 56.1 Å². The minimum atomic E-state index is 0.105. The van der Waals surface area contributed by atoms with Gasteiger partial charge in [0.15, 0.2) is 0 Å². The fourth-order valence-corrected chi connectivity index (χ4v) is 3.35. The SMILES string of the molecule is O=C(Cn1cc(/C=N\OCc2ccccc2)c2ccccc21)N1CCOCC1. The van der Waals surface area contributed by atoms with Crippen LogP contribution in [-0.2, 0) is 27.5 Å². The number of carbonyl (C=O) groups is 1. The molecule has 1 amide bonds. The number of fused-ring (bicyclic) bond motifs is 1. The first-order valence-corrected chi connectivity index (χ1v) is 9.44. The zero-order chi connectivity index (χ0) is 19.2. The van der Waals surface area contributed by atoms with Gasteiger partial charge in [0.2, 0.25) is 5.91 Å². The number of hydrogen-bond donors (Lipinski definition) is 0. The summed E-state index contributed by atoms with van der Waals surface area (Å²) in [7, 11) is 0. The van der Waals surface area contributed by atoms with Crippen LogP contribution in [0.15, 0.2) is 65.9 Å². The average Bonchev–Trinajstić information content (AvgIpc) is 3.10. The van der Waals surface area contributed by atoms with Crippen LogP contribution < -0.4 is 0 Å². The summed E-state index contributed by atoms with van der Waals surface area (Å²) < 4.78 is 7.31. The van der Waals surface area contributed by atoms with Crippen LogP contribution in [0.25, 0.3) is 10.9 Å². The van der Waals surface area contributed by atoms with Crippen molar-refractivity contribution in [3.63, 3.8) is 0 Å². The number of aromatic nitrogens is 1. The Morgan fingerprint density at radius 1 is 1.07 bits per heavy atom. The number of amides is 1. The Morgan fingerprint density at radius 3 is 2.64 bits per heavy atom. The fraction of sp³-hybridized carbons (Fsp3) is 0.273. The van der Waals surface area contributed by atoms with E-state index in [9.17, 15) is 4.79 Å². The molecule has 1 aromatic heterocycles. The van der Waals surface area contributed by atoms with Crippen molar-refractivity contribution in [1.82, 2.24) is 9.47 Å². The Labute approximate surface area is 164 Å². The molecule has 0 spiro atoms. The van der Waals surface area contributed by atoms with Crippen LogP contribution in [0, 0.1) is 0 Å². The molecule has 4 rings (SSSR count). The lowest BCUT2D eigenvalue weighted by molar-refractivity contribution is -0.135. The maximum Gasteiger partial charge on any atom is 0.242 e. The summed E-state index contributed by atoms with van der Waals surface area (Å²) in [5, 5.41) is 5.16. The maximum absolute atomic E-state index is 12.6. The largest absolute Gasteiger partial charge is 0.391 e. The maximum atomic E-state index is 12.6. The Balaban J connectivity index is 1.48. The lowest BCUT2D eigenvalue weighted by Crippen LogP contribution is -2.42. The van der Waals surface area contributed by atoms with E-state index in [2.05, 4.69) is 5.16 Å². The smallest absolute Gasteiger partial charge is 0.242 e. The third-order valence-electron chi connectivity index (χ3n) is 4.83. The first-order valence-electron chi connectivity index (χ1n) is 9.44. The van der Waals surface area contributed by atoms with Crippen LogP contribution in [0.4, 0.5) is 0 Å². The molecule has 0 radical (unpaired) electrons. The van der Waals surface area contributed by atoms with Crippen molar-refractivity contribution in [2.75, 3.05) is 26.3 Å². The van der Waals surface area contributed by atoms with E-state index in [1.165, 1.54) is 0 Å². The quantitative estimate of drug-likeness (QED) is 0.490. The highest BCUT2D eigenvalue weighted by Crippen LogP contribution is 2.20. The molecule has 1 saturated heterocycles. The number of benzene rings is 2. The molecule has 0 unspecified atom stereocenters. The molecule has 0 atom stereocenters. The van der Waals surface area contributed by atoms with Crippen molar-refractivity contribution in [1.29, 1.82) is 0 Å². The molecule has 144 valence electrons. The third kappa shape index (κ3) is 4.23.